The third-order valence-corrected chi connectivity index (χ3v) is 5.08. The van der Waals surface area contributed by atoms with Crippen molar-refractivity contribution >= 4 is 45.7 Å². The Balaban J connectivity index is 1.62. The van der Waals surface area contributed by atoms with Gasteiger partial charge in [-0.15, -0.1) is 0 Å². The lowest BCUT2D eigenvalue weighted by atomic mass is 9.99. The summed E-state index contributed by atoms with van der Waals surface area (Å²) in [7, 11) is 0. The Hall–Kier alpha value is -3.79. The molecule has 0 radical (unpaired) electrons. The molecular weight excluding hydrogens is 457 g/mol. The van der Waals surface area contributed by atoms with E-state index < -0.39 is 17.5 Å². The van der Waals surface area contributed by atoms with E-state index in [-0.39, 0.29) is 23.1 Å². The van der Waals surface area contributed by atoms with Crippen LogP contribution in [0.5, 0.6) is 0 Å². The lowest BCUT2D eigenvalue weighted by Crippen LogP contribution is -2.09. The molecule has 33 heavy (non-hydrogen) atoms. The van der Waals surface area contributed by atoms with Gasteiger partial charge in [0, 0.05) is 17.7 Å². The van der Waals surface area contributed by atoms with E-state index in [0.29, 0.717) is 28.1 Å². The zero-order valence-electron chi connectivity index (χ0n) is 17.1. The predicted octanol–water partition coefficient (Wildman–Crippen LogP) is 5.15. The molecule has 0 aliphatic heterocycles. The summed E-state index contributed by atoms with van der Waals surface area (Å²) in [5.41, 5.74) is 7.70. The highest BCUT2D eigenvalue weighted by atomic mass is 35.5. The number of fused-ring (bicyclic) bond motifs is 1. The minimum absolute atomic E-state index is 0.0106. The maximum atomic E-state index is 13.0. The molecule has 2 aromatic heterocycles. The molecule has 2 heterocycles. The average molecular weight is 473 g/mol. The Bertz CT molecular complexity index is 1380. The van der Waals surface area contributed by atoms with Crippen molar-refractivity contribution in [1.82, 2.24) is 19.9 Å². The van der Waals surface area contributed by atoms with Crippen molar-refractivity contribution in [1.29, 1.82) is 0 Å². The Morgan fingerprint density at radius 2 is 1.88 bits per heavy atom. The second-order valence-corrected chi connectivity index (χ2v) is 7.59. The number of rotatable bonds is 5. The van der Waals surface area contributed by atoms with Crippen molar-refractivity contribution < 1.29 is 18.0 Å². The smallest absolute Gasteiger partial charge is 0.382 e. The molecule has 0 aliphatic carbocycles. The molecule has 0 amide bonds. The Labute approximate surface area is 190 Å². The quantitative estimate of drug-likeness (QED) is 0.305. The Morgan fingerprint density at radius 1 is 1.09 bits per heavy atom. The number of Topliss-reactive ketones (excluding diaryl/α,β-unsaturated/α-hetero) is 1. The lowest BCUT2D eigenvalue weighted by Gasteiger charge is -2.13. The number of anilines is 3. The molecule has 0 saturated carbocycles. The monoisotopic (exact) mass is 472 g/mol. The molecule has 0 atom stereocenters. The molecule has 0 fully saturated rings. The molecule has 0 unspecified atom stereocenters. The lowest BCUT2D eigenvalue weighted by molar-refractivity contribution is -0.137. The third-order valence-electron chi connectivity index (χ3n) is 4.91. The van der Waals surface area contributed by atoms with Crippen LogP contribution in [0.25, 0.3) is 11.0 Å². The zero-order chi connectivity index (χ0) is 23.8. The Kier molecular flexibility index (Phi) is 5.86. The van der Waals surface area contributed by atoms with E-state index in [0.717, 1.165) is 17.7 Å². The number of nitrogen functional groups attached to an aromatic ring is 1. The molecule has 4 aromatic rings. The van der Waals surface area contributed by atoms with Gasteiger partial charge in [-0.2, -0.15) is 18.2 Å². The number of nitrogens with zero attached hydrogens (tertiary/aromatic N) is 4. The summed E-state index contributed by atoms with van der Waals surface area (Å²) >= 11 is 5.92. The van der Waals surface area contributed by atoms with E-state index in [1.807, 2.05) is 6.92 Å². The van der Waals surface area contributed by atoms with E-state index >= 15 is 0 Å². The van der Waals surface area contributed by atoms with Crippen molar-refractivity contribution in [2.24, 2.45) is 0 Å². The van der Waals surface area contributed by atoms with Crippen LogP contribution in [0.3, 0.4) is 0 Å². The van der Waals surface area contributed by atoms with Gasteiger partial charge in [0.1, 0.15) is 17.4 Å². The van der Waals surface area contributed by atoms with Gasteiger partial charge in [0.2, 0.25) is 5.28 Å². The summed E-state index contributed by atoms with van der Waals surface area (Å²) in [5, 5.41) is 3.08. The minimum Gasteiger partial charge on any atom is -0.382 e. The van der Waals surface area contributed by atoms with Crippen molar-refractivity contribution in [3.8, 4) is 0 Å². The number of hydrogen-bond donors (Lipinski definition) is 2. The predicted molar refractivity (Wildman–Crippen MR) is 118 cm³/mol. The van der Waals surface area contributed by atoms with Crippen LogP contribution >= 0.6 is 11.6 Å². The van der Waals surface area contributed by atoms with Gasteiger partial charge in [-0.3, -0.25) is 4.79 Å². The highest BCUT2D eigenvalue weighted by Gasteiger charge is 2.30. The number of hydrogen-bond acceptors (Lipinski definition) is 7. The van der Waals surface area contributed by atoms with E-state index in [4.69, 9.17) is 17.3 Å². The normalized spacial score (nSPS) is 11.5. The molecule has 0 bridgehead atoms. The first-order valence-electron chi connectivity index (χ1n) is 9.62. The van der Waals surface area contributed by atoms with Gasteiger partial charge < -0.3 is 11.1 Å². The van der Waals surface area contributed by atoms with Crippen LogP contribution in [0.1, 0.15) is 27.0 Å². The van der Waals surface area contributed by atoms with Crippen molar-refractivity contribution in [3.05, 3.63) is 76.3 Å². The van der Waals surface area contributed by atoms with Gasteiger partial charge >= 0.3 is 6.18 Å². The van der Waals surface area contributed by atoms with Crippen molar-refractivity contribution in [3.63, 3.8) is 0 Å². The van der Waals surface area contributed by atoms with Gasteiger partial charge in [-0.1, -0.05) is 24.3 Å². The topological polar surface area (TPSA) is 107 Å². The summed E-state index contributed by atoms with van der Waals surface area (Å²) in [6, 6.07) is 9.62. The molecular formula is C22H16ClF3N6O. The summed E-state index contributed by atoms with van der Waals surface area (Å²) in [6.07, 6.45) is -3.30. The Morgan fingerprint density at radius 3 is 2.64 bits per heavy atom. The summed E-state index contributed by atoms with van der Waals surface area (Å²) in [6.45, 7) is 1.85. The fourth-order valence-electron chi connectivity index (χ4n) is 3.23. The van der Waals surface area contributed by atoms with Gasteiger partial charge in [-0.25, -0.2) is 15.0 Å². The summed E-state index contributed by atoms with van der Waals surface area (Å²) in [5.74, 6) is 0.00347. The highest BCUT2D eigenvalue weighted by Crippen LogP contribution is 2.30. The van der Waals surface area contributed by atoms with Gasteiger partial charge in [-0.05, 0) is 47.9 Å². The maximum Gasteiger partial charge on any atom is 0.416 e. The SMILES string of the molecule is Cc1ccc(CC(=O)c2cccc(C(F)(F)F)c2)cc1Nc1ncnc2c(N)nc(Cl)nc12. The van der Waals surface area contributed by atoms with Crippen LogP contribution in [0.2, 0.25) is 5.28 Å². The summed E-state index contributed by atoms with van der Waals surface area (Å²) in [4.78, 5) is 28.9. The maximum absolute atomic E-state index is 13.0. The van der Waals surface area contributed by atoms with Crippen LogP contribution in [0.4, 0.5) is 30.5 Å². The number of carbonyl (C=O) groups excluding carboxylic acids is 1. The third kappa shape index (κ3) is 4.85. The molecule has 7 nitrogen and oxygen atoms in total. The number of ketones is 1. The number of nitrogens with one attached hydrogen (secondary N) is 1. The van der Waals surface area contributed by atoms with Crippen molar-refractivity contribution in [2.75, 3.05) is 11.1 Å². The van der Waals surface area contributed by atoms with Crippen LogP contribution in [-0.4, -0.2) is 25.7 Å². The number of alkyl halides is 3. The molecule has 0 saturated heterocycles. The number of halogens is 4. The first kappa shape index (κ1) is 22.4. The first-order valence-corrected chi connectivity index (χ1v) is 10.0. The highest BCUT2D eigenvalue weighted by molar-refractivity contribution is 6.28. The molecule has 4 rings (SSSR count). The molecule has 3 N–H and O–H groups in total. The van der Waals surface area contributed by atoms with Gasteiger partial charge in [0.25, 0.3) is 0 Å². The van der Waals surface area contributed by atoms with E-state index in [9.17, 15) is 18.0 Å². The molecule has 0 spiro atoms. The van der Waals surface area contributed by atoms with E-state index in [2.05, 4.69) is 25.3 Å². The largest absolute Gasteiger partial charge is 0.416 e. The van der Waals surface area contributed by atoms with Crippen molar-refractivity contribution in [2.45, 2.75) is 19.5 Å². The number of benzene rings is 2. The van der Waals surface area contributed by atoms with Gasteiger partial charge in [0.05, 0.1) is 5.56 Å². The minimum atomic E-state index is -4.52. The number of aromatic nitrogens is 4. The summed E-state index contributed by atoms with van der Waals surface area (Å²) < 4.78 is 38.9. The molecule has 2 aromatic carbocycles. The first-order chi connectivity index (χ1) is 15.6. The fraction of sp³-hybridized carbons (Fsp3) is 0.136. The number of nitrogens with two attached hydrogens (primary N) is 1. The second-order valence-electron chi connectivity index (χ2n) is 7.25. The second kappa shape index (κ2) is 8.62. The average Bonchev–Trinajstić information content (AvgIpc) is 2.76. The van der Waals surface area contributed by atoms with Crippen LogP contribution in [0, 0.1) is 6.92 Å². The fourth-order valence-corrected chi connectivity index (χ4v) is 3.41. The number of aryl methyl sites for hydroxylation is 1. The van der Waals surface area contributed by atoms with E-state index in [1.165, 1.54) is 18.5 Å². The molecule has 0 aliphatic rings. The number of carbonyl (C=O) groups is 1. The standard InChI is InChI=1S/C22H16ClF3N6O/c1-11-5-6-12(8-16(33)13-3-2-4-14(9-13)22(24,25)26)7-15(11)30-20-18-17(28-10-29-20)19(27)32-21(23)31-18/h2-7,9-10H,8H2,1H3,(H2,27,31,32)(H,28,29,30). The van der Waals surface area contributed by atoms with Crippen LogP contribution in [0.15, 0.2) is 48.8 Å². The van der Waals surface area contributed by atoms with Crippen LogP contribution in [-0.2, 0) is 12.6 Å². The molecule has 168 valence electrons. The molecule has 11 heteroatoms. The van der Waals surface area contributed by atoms with E-state index in [1.54, 1.807) is 18.2 Å². The van der Waals surface area contributed by atoms with Gasteiger partial charge in [0.15, 0.2) is 17.4 Å². The van der Waals surface area contributed by atoms with Crippen LogP contribution < -0.4 is 11.1 Å². The zero-order valence-corrected chi connectivity index (χ0v) is 17.9.